The molecule has 2 rings (SSSR count). The number of carbonyl (C=O) groups excluding carboxylic acids is 1. The van der Waals surface area contributed by atoms with Gasteiger partial charge in [-0.05, 0) is 25.8 Å². The Balaban J connectivity index is 2.26. The van der Waals surface area contributed by atoms with E-state index < -0.39 is 17.8 Å². The van der Waals surface area contributed by atoms with Crippen molar-refractivity contribution < 1.29 is 22.7 Å². The smallest absolute Gasteiger partial charge is 0.417 e. The fourth-order valence-corrected chi connectivity index (χ4v) is 2.95. The van der Waals surface area contributed by atoms with E-state index in [1.54, 1.807) is 6.92 Å². The van der Waals surface area contributed by atoms with Crippen LogP contribution in [0.25, 0.3) is 0 Å². The van der Waals surface area contributed by atoms with Crippen LogP contribution in [0.3, 0.4) is 0 Å². The van der Waals surface area contributed by atoms with Gasteiger partial charge in [-0.15, -0.1) is 5.10 Å². The Morgan fingerprint density at radius 3 is 2.50 bits per heavy atom. The first-order chi connectivity index (χ1) is 13.1. The van der Waals surface area contributed by atoms with Gasteiger partial charge in [-0.2, -0.15) is 17.9 Å². The van der Waals surface area contributed by atoms with Gasteiger partial charge in [-0.1, -0.05) is 44.2 Å². The van der Waals surface area contributed by atoms with E-state index in [0.717, 1.165) is 42.9 Å². The van der Waals surface area contributed by atoms with Gasteiger partial charge in [0.05, 0.1) is 11.3 Å². The van der Waals surface area contributed by atoms with Gasteiger partial charge in [0, 0.05) is 11.8 Å². The maximum atomic E-state index is 12.8. The summed E-state index contributed by atoms with van der Waals surface area (Å²) in [5, 5.41) is 3.72. The second-order valence-electron chi connectivity index (χ2n) is 6.39. The summed E-state index contributed by atoms with van der Waals surface area (Å²) in [6.45, 7) is 3.79. The highest BCUT2D eigenvalue weighted by atomic mass is 35.5. The molecule has 2 aromatic rings. The Kier molecular flexibility index (Phi) is 7.29. The molecule has 6 nitrogen and oxygen atoms in total. The molecule has 0 fully saturated rings. The van der Waals surface area contributed by atoms with E-state index in [-0.39, 0.29) is 16.8 Å². The third-order valence-electron chi connectivity index (χ3n) is 4.27. The van der Waals surface area contributed by atoms with E-state index in [2.05, 4.69) is 17.0 Å². The highest BCUT2D eigenvalue weighted by Crippen LogP contribution is 2.35. The van der Waals surface area contributed by atoms with Gasteiger partial charge >= 0.3 is 12.2 Å². The number of nitrogens with two attached hydrogens (primary N) is 1. The largest absolute Gasteiger partial charge is 0.417 e. The number of nitrogens with zero attached hydrogens (tertiary/aromatic N) is 3. The number of alkyl halides is 3. The summed E-state index contributed by atoms with van der Waals surface area (Å²) in [7, 11) is 0. The van der Waals surface area contributed by atoms with Gasteiger partial charge in [0.25, 0.3) is 0 Å². The summed E-state index contributed by atoms with van der Waals surface area (Å²) in [5.74, 6) is -0.169. The number of carbonyl (C=O) groups is 1. The first kappa shape index (κ1) is 22.0. The second kappa shape index (κ2) is 9.27. The number of hydrogen-bond donors (Lipinski definition) is 1. The van der Waals surface area contributed by atoms with Crippen LogP contribution >= 0.6 is 11.6 Å². The molecule has 28 heavy (non-hydrogen) atoms. The molecular weight excluding hydrogens is 397 g/mol. The van der Waals surface area contributed by atoms with Crippen molar-refractivity contribution in [1.82, 2.24) is 14.8 Å². The normalized spacial score (nSPS) is 11.6. The molecule has 0 bridgehead atoms. The molecule has 0 unspecified atom stereocenters. The van der Waals surface area contributed by atoms with E-state index in [1.165, 1.54) is 0 Å². The van der Waals surface area contributed by atoms with Crippen molar-refractivity contribution in [3.05, 3.63) is 34.1 Å². The molecule has 154 valence electrons. The van der Waals surface area contributed by atoms with Crippen molar-refractivity contribution in [2.24, 2.45) is 5.73 Å². The fourth-order valence-electron chi connectivity index (χ4n) is 2.75. The van der Waals surface area contributed by atoms with E-state index in [9.17, 15) is 18.0 Å². The fraction of sp³-hybridized carbons (Fsp3) is 0.500. The molecule has 0 radical (unpaired) electrons. The maximum absolute atomic E-state index is 12.8. The minimum absolute atomic E-state index is 0.0564. The molecule has 0 aromatic carbocycles. The number of unbranched alkanes of at least 4 members (excludes halogenated alkanes) is 4. The predicted molar refractivity (Wildman–Crippen MR) is 98.7 cm³/mol. The average molecular weight is 419 g/mol. The van der Waals surface area contributed by atoms with Gasteiger partial charge in [0.1, 0.15) is 5.02 Å². The van der Waals surface area contributed by atoms with Crippen molar-refractivity contribution in [1.29, 1.82) is 0 Å². The van der Waals surface area contributed by atoms with Gasteiger partial charge in [-0.25, -0.2) is 9.78 Å². The van der Waals surface area contributed by atoms with Gasteiger partial charge < -0.3 is 10.5 Å². The lowest BCUT2D eigenvalue weighted by atomic mass is 10.1. The minimum atomic E-state index is -4.57. The summed E-state index contributed by atoms with van der Waals surface area (Å²) in [4.78, 5) is 15.2. The summed E-state index contributed by atoms with van der Waals surface area (Å²) in [6.07, 6.45) is 1.81. The maximum Gasteiger partial charge on any atom is 0.417 e. The first-order valence-electron chi connectivity index (χ1n) is 8.94. The quantitative estimate of drug-likeness (QED) is 0.574. The Labute approximate surface area is 165 Å². The Morgan fingerprint density at radius 1 is 1.25 bits per heavy atom. The zero-order valence-corrected chi connectivity index (χ0v) is 16.4. The standard InChI is InChI=1S/C18H22ClF3N4O2/c1-3-4-5-6-7-8-13-11(2)26(17(23)27)25-15(13)28-16-14(19)9-12(10-24-16)18(20,21)22/h9-10H,3-8H2,1-2H3,(H2,23,27). The van der Waals surface area contributed by atoms with E-state index in [4.69, 9.17) is 22.1 Å². The van der Waals surface area contributed by atoms with Crippen LogP contribution in [-0.2, 0) is 12.6 Å². The Bertz CT molecular complexity index is 837. The molecule has 0 aliphatic rings. The van der Waals surface area contributed by atoms with Crippen LogP contribution in [0.1, 0.15) is 55.8 Å². The van der Waals surface area contributed by atoms with Crippen LogP contribution in [0.2, 0.25) is 5.02 Å². The van der Waals surface area contributed by atoms with Crippen LogP contribution in [0.15, 0.2) is 12.3 Å². The summed E-state index contributed by atoms with van der Waals surface area (Å²) < 4.78 is 44.8. The van der Waals surface area contributed by atoms with Gasteiger partial charge in [0.2, 0.25) is 11.8 Å². The summed E-state index contributed by atoms with van der Waals surface area (Å²) in [5.41, 5.74) is 5.50. The monoisotopic (exact) mass is 418 g/mol. The van der Waals surface area contributed by atoms with Crippen LogP contribution in [-0.4, -0.2) is 20.8 Å². The van der Waals surface area contributed by atoms with Crippen LogP contribution in [0.5, 0.6) is 11.8 Å². The zero-order valence-electron chi connectivity index (χ0n) is 15.6. The number of amides is 1. The van der Waals surface area contributed by atoms with Crippen molar-refractivity contribution in [3.63, 3.8) is 0 Å². The highest BCUT2D eigenvalue weighted by molar-refractivity contribution is 6.31. The van der Waals surface area contributed by atoms with Gasteiger partial charge in [0.15, 0.2) is 0 Å². The molecule has 1 amide bonds. The molecule has 0 atom stereocenters. The third kappa shape index (κ3) is 5.37. The number of pyridine rings is 1. The van der Waals surface area contributed by atoms with E-state index >= 15 is 0 Å². The Hall–Kier alpha value is -2.29. The van der Waals surface area contributed by atoms with Crippen molar-refractivity contribution in [2.45, 2.75) is 58.5 Å². The number of halogens is 4. The van der Waals surface area contributed by atoms with Crippen molar-refractivity contribution in [2.75, 3.05) is 0 Å². The molecule has 2 N–H and O–H groups in total. The zero-order chi connectivity index (χ0) is 20.9. The van der Waals surface area contributed by atoms with Crippen LogP contribution in [0.4, 0.5) is 18.0 Å². The van der Waals surface area contributed by atoms with Crippen LogP contribution < -0.4 is 10.5 Å². The molecule has 10 heteroatoms. The molecule has 2 heterocycles. The number of primary amides is 1. The van der Waals surface area contributed by atoms with Crippen molar-refractivity contribution >= 4 is 17.6 Å². The number of hydrogen-bond acceptors (Lipinski definition) is 4. The molecule has 0 aliphatic heterocycles. The van der Waals surface area contributed by atoms with Crippen LogP contribution in [0, 0.1) is 6.92 Å². The van der Waals surface area contributed by atoms with Gasteiger partial charge in [-0.3, -0.25) is 0 Å². The summed E-state index contributed by atoms with van der Waals surface area (Å²) >= 11 is 5.89. The first-order valence-corrected chi connectivity index (χ1v) is 9.31. The SMILES string of the molecule is CCCCCCCc1c(Oc2ncc(C(F)(F)F)cc2Cl)nn(C(N)=O)c1C. The second-order valence-corrected chi connectivity index (χ2v) is 6.80. The lowest BCUT2D eigenvalue weighted by Crippen LogP contribution is -2.22. The molecule has 0 aliphatic carbocycles. The molecule has 0 spiro atoms. The number of ether oxygens (including phenoxy) is 1. The highest BCUT2D eigenvalue weighted by Gasteiger charge is 2.32. The van der Waals surface area contributed by atoms with Crippen molar-refractivity contribution in [3.8, 4) is 11.8 Å². The lowest BCUT2D eigenvalue weighted by Gasteiger charge is -2.10. The predicted octanol–water partition coefficient (Wildman–Crippen LogP) is 5.49. The molecular formula is C18H22ClF3N4O2. The third-order valence-corrected chi connectivity index (χ3v) is 4.54. The Morgan fingerprint density at radius 2 is 1.93 bits per heavy atom. The lowest BCUT2D eigenvalue weighted by molar-refractivity contribution is -0.137. The summed E-state index contributed by atoms with van der Waals surface area (Å²) in [6, 6.07) is -0.0576. The molecule has 0 saturated heterocycles. The molecule has 2 aromatic heterocycles. The number of aromatic nitrogens is 3. The number of rotatable bonds is 8. The van der Waals surface area contributed by atoms with E-state index in [1.807, 2.05) is 0 Å². The topological polar surface area (TPSA) is 83.0 Å². The average Bonchev–Trinajstić information content (AvgIpc) is 2.92. The minimum Gasteiger partial charge on any atom is -0.417 e. The molecule has 0 saturated carbocycles. The van der Waals surface area contributed by atoms with E-state index in [0.29, 0.717) is 23.9 Å².